The fourth-order valence-corrected chi connectivity index (χ4v) is 1.07. The standard InChI is InChI=1S/C8H13N.CH4O3S/c1-3-5-9-6-4-8(2)7-9;1-5(2,3)4/h4,6-7H,3,5H2,1-2H3;1H3,(H,2,3,4). The molecule has 5 heteroatoms. The highest BCUT2D eigenvalue weighted by Crippen LogP contribution is 1.92. The maximum absolute atomic E-state index is 9.08. The zero-order valence-corrected chi connectivity index (χ0v) is 9.60. The minimum atomic E-state index is -3.92. The Labute approximate surface area is 85.7 Å². The van der Waals surface area contributed by atoms with Gasteiger partial charge in [0.1, 0.15) is 6.20 Å². The lowest BCUT2D eigenvalue weighted by atomic mass is 10.4. The zero-order chi connectivity index (χ0) is 11.2. The van der Waals surface area contributed by atoms with Crippen LogP contribution in [0.3, 0.4) is 0 Å². The van der Waals surface area contributed by atoms with Crippen molar-refractivity contribution < 1.29 is 17.9 Å². The van der Waals surface area contributed by atoms with Crippen LogP contribution in [0.15, 0.2) is 24.0 Å². The molecule has 0 saturated carbocycles. The summed E-state index contributed by atoms with van der Waals surface area (Å²) in [6.45, 7) is 5.58. The van der Waals surface area contributed by atoms with E-state index in [0.29, 0.717) is 6.26 Å². The van der Waals surface area contributed by atoms with Crippen LogP contribution in [0.4, 0.5) is 0 Å². The summed E-state index contributed by atoms with van der Waals surface area (Å²) in [5.74, 6) is 0. The molecule has 0 spiro atoms. The Morgan fingerprint density at radius 1 is 1.50 bits per heavy atom. The molecule has 1 aliphatic rings. The Bertz CT molecular complexity index is 309. The highest BCUT2D eigenvalue weighted by atomic mass is 32.2. The van der Waals surface area contributed by atoms with Crippen molar-refractivity contribution in [2.45, 2.75) is 20.3 Å². The maximum Gasteiger partial charge on any atom is 0.102 e. The molecular weight excluding hydrogens is 202 g/mol. The van der Waals surface area contributed by atoms with Crippen molar-refractivity contribution in [3.05, 3.63) is 24.0 Å². The van der Waals surface area contributed by atoms with Crippen molar-refractivity contribution in [1.82, 2.24) is 0 Å². The van der Waals surface area contributed by atoms with E-state index in [1.165, 1.54) is 23.4 Å². The molecular formula is C9H17NO3S. The summed E-state index contributed by atoms with van der Waals surface area (Å²) in [6.07, 6.45) is 8.49. The van der Waals surface area contributed by atoms with E-state index in [9.17, 15) is 0 Å². The molecule has 1 unspecified atom stereocenters. The molecule has 0 saturated heterocycles. The summed E-state index contributed by atoms with van der Waals surface area (Å²) >= 11 is 0. The van der Waals surface area contributed by atoms with Gasteiger partial charge in [-0.3, -0.25) is 4.90 Å². The fraction of sp³-hybridized carbons (Fsp3) is 0.556. The summed E-state index contributed by atoms with van der Waals surface area (Å²) < 4.78 is 27.2. The molecule has 1 rings (SSSR count). The molecule has 14 heavy (non-hydrogen) atoms. The van der Waals surface area contributed by atoms with E-state index in [0.717, 1.165) is 0 Å². The third-order valence-electron chi connectivity index (χ3n) is 1.51. The Morgan fingerprint density at radius 3 is 2.29 bits per heavy atom. The molecule has 0 fully saturated rings. The summed E-state index contributed by atoms with van der Waals surface area (Å²) in [6, 6.07) is 0. The Morgan fingerprint density at radius 2 is 2.00 bits per heavy atom. The van der Waals surface area contributed by atoms with Crippen LogP contribution in [0.1, 0.15) is 20.3 Å². The van der Waals surface area contributed by atoms with Crippen LogP contribution in [-0.2, 0) is 10.1 Å². The minimum absolute atomic E-state index is 0.604. The smallest absolute Gasteiger partial charge is 0.102 e. The quantitative estimate of drug-likeness (QED) is 0.658. The van der Waals surface area contributed by atoms with Crippen LogP contribution in [0.2, 0.25) is 0 Å². The van der Waals surface area contributed by atoms with Gasteiger partial charge in [-0.15, -0.1) is 0 Å². The van der Waals surface area contributed by atoms with Crippen molar-refractivity contribution >= 4 is 10.1 Å². The minimum Gasteiger partial charge on any atom is -0.748 e. The third kappa shape index (κ3) is 9.44. The van der Waals surface area contributed by atoms with Gasteiger partial charge < -0.3 is 4.55 Å². The molecule has 0 aromatic carbocycles. The highest BCUT2D eigenvalue weighted by Gasteiger charge is 2.04. The van der Waals surface area contributed by atoms with Crippen molar-refractivity contribution in [2.75, 3.05) is 12.8 Å². The van der Waals surface area contributed by atoms with Crippen LogP contribution in [-0.4, -0.2) is 25.8 Å². The highest BCUT2D eigenvalue weighted by molar-refractivity contribution is 7.84. The zero-order valence-electron chi connectivity index (χ0n) is 8.78. The number of allylic oxidation sites excluding steroid dienone is 2. The summed E-state index contributed by atoms with van der Waals surface area (Å²) in [4.78, 5) is 1.48. The SMILES string of the molecule is CCC[NH+]1C=CC(C)=C1.CS(=O)(=O)[O-]. The average Bonchev–Trinajstić information content (AvgIpc) is 2.32. The van der Waals surface area contributed by atoms with Crippen molar-refractivity contribution in [2.24, 2.45) is 0 Å². The van der Waals surface area contributed by atoms with Crippen LogP contribution in [0, 0.1) is 0 Å². The first-order chi connectivity index (χ1) is 6.33. The summed E-state index contributed by atoms with van der Waals surface area (Å²) in [7, 11) is -3.92. The summed E-state index contributed by atoms with van der Waals surface area (Å²) in [5, 5.41) is 0. The topological polar surface area (TPSA) is 61.6 Å². The number of hydrogen-bond acceptors (Lipinski definition) is 3. The van der Waals surface area contributed by atoms with E-state index >= 15 is 0 Å². The van der Waals surface area contributed by atoms with Crippen LogP contribution < -0.4 is 4.90 Å². The molecule has 0 aliphatic carbocycles. The monoisotopic (exact) mass is 219 g/mol. The molecule has 4 nitrogen and oxygen atoms in total. The van der Waals surface area contributed by atoms with E-state index in [-0.39, 0.29) is 0 Å². The molecule has 0 aromatic heterocycles. The number of hydrogen-bond donors (Lipinski definition) is 1. The Hall–Kier alpha value is -0.650. The van der Waals surface area contributed by atoms with E-state index in [4.69, 9.17) is 13.0 Å². The third-order valence-corrected chi connectivity index (χ3v) is 1.51. The van der Waals surface area contributed by atoms with E-state index in [1.54, 1.807) is 0 Å². The van der Waals surface area contributed by atoms with Gasteiger partial charge in [0.25, 0.3) is 0 Å². The van der Waals surface area contributed by atoms with Gasteiger partial charge in [0.15, 0.2) is 0 Å². The number of rotatable bonds is 2. The molecule has 0 radical (unpaired) electrons. The normalized spacial score (nSPS) is 20.0. The van der Waals surface area contributed by atoms with Gasteiger partial charge >= 0.3 is 0 Å². The van der Waals surface area contributed by atoms with Gasteiger partial charge in [-0.25, -0.2) is 8.42 Å². The molecule has 1 heterocycles. The van der Waals surface area contributed by atoms with Crippen LogP contribution in [0.25, 0.3) is 0 Å². The van der Waals surface area contributed by atoms with Gasteiger partial charge in [0.05, 0.1) is 22.9 Å². The lowest BCUT2D eigenvalue weighted by Crippen LogP contribution is -3.01. The second-order valence-electron chi connectivity index (χ2n) is 3.25. The molecule has 0 aromatic rings. The lowest BCUT2D eigenvalue weighted by molar-refractivity contribution is -0.787. The van der Waals surface area contributed by atoms with Gasteiger partial charge in [-0.2, -0.15) is 0 Å². The molecule has 0 amide bonds. The fourth-order valence-electron chi connectivity index (χ4n) is 1.07. The van der Waals surface area contributed by atoms with Gasteiger partial charge in [0.2, 0.25) is 0 Å². The first-order valence-electron chi connectivity index (χ1n) is 4.46. The van der Waals surface area contributed by atoms with E-state index in [2.05, 4.69) is 32.3 Å². The molecule has 1 N–H and O–H groups in total. The largest absolute Gasteiger partial charge is 0.748 e. The second-order valence-corrected chi connectivity index (χ2v) is 4.66. The molecule has 0 bridgehead atoms. The predicted molar refractivity (Wildman–Crippen MR) is 54.6 cm³/mol. The summed E-state index contributed by atoms with van der Waals surface area (Å²) in [5.41, 5.74) is 1.39. The first-order valence-corrected chi connectivity index (χ1v) is 6.27. The first kappa shape index (κ1) is 13.4. The lowest BCUT2D eigenvalue weighted by Gasteiger charge is -2.02. The van der Waals surface area contributed by atoms with Gasteiger partial charge in [-0.1, -0.05) is 6.92 Å². The van der Waals surface area contributed by atoms with E-state index in [1.807, 2.05) is 0 Å². The molecule has 1 aliphatic heterocycles. The van der Waals surface area contributed by atoms with Crippen molar-refractivity contribution in [1.29, 1.82) is 0 Å². The number of nitrogens with one attached hydrogen (secondary N) is 1. The van der Waals surface area contributed by atoms with Crippen molar-refractivity contribution in [3.8, 4) is 0 Å². The second kappa shape index (κ2) is 5.95. The van der Waals surface area contributed by atoms with E-state index < -0.39 is 10.1 Å². The Kier molecular flexibility index (Phi) is 5.68. The Balaban J connectivity index is 0.000000292. The van der Waals surface area contributed by atoms with Gasteiger partial charge in [0, 0.05) is 11.8 Å². The van der Waals surface area contributed by atoms with Gasteiger partial charge in [-0.05, 0) is 19.4 Å². The molecule has 82 valence electrons. The van der Waals surface area contributed by atoms with Crippen molar-refractivity contribution in [3.63, 3.8) is 0 Å². The molecule has 1 atom stereocenters. The predicted octanol–water partition coefficient (Wildman–Crippen LogP) is -0.126. The number of quaternary nitrogens is 1. The maximum atomic E-state index is 9.08. The van der Waals surface area contributed by atoms with Crippen LogP contribution in [0.5, 0.6) is 0 Å². The average molecular weight is 219 g/mol. The van der Waals surface area contributed by atoms with Crippen LogP contribution >= 0.6 is 0 Å².